The van der Waals surface area contributed by atoms with Gasteiger partial charge in [0.05, 0.1) is 23.0 Å². The summed E-state index contributed by atoms with van der Waals surface area (Å²) in [5, 5.41) is 17.2. The highest BCUT2D eigenvalue weighted by Crippen LogP contribution is 2.35. The van der Waals surface area contributed by atoms with Gasteiger partial charge in [-0.25, -0.2) is 0 Å². The normalized spacial score (nSPS) is 14.5. The van der Waals surface area contributed by atoms with Crippen molar-refractivity contribution in [1.82, 2.24) is 13.6 Å². The van der Waals surface area contributed by atoms with Crippen LogP contribution in [0.1, 0.15) is 47.7 Å². The van der Waals surface area contributed by atoms with Gasteiger partial charge in [-0.2, -0.15) is 8.75 Å². The van der Waals surface area contributed by atoms with Gasteiger partial charge in [-0.15, -0.1) is 0 Å². The van der Waals surface area contributed by atoms with Gasteiger partial charge in [-0.1, -0.05) is 18.2 Å². The molecule has 31 heavy (non-hydrogen) atoms. The molecule has 2 aromatic heterocycles. The number of rotatable bonds is 7. The number of phenols is 1. The maximum atomic E-state index is 12.7. The number of aromatic nitrogens is 2. The van der Waals surface area contributed by atoms with E-state index in [9.17, 15) is 9.90 Å². The van der Waals surface area contributed by atoms with E-state index in [1.807, 2.05) is 26.0 Å². The first-order valence-corrected chi connectivity index (χ1v) is 10.9. The van der Waals surface area contributed by atoms with Gasteiger partial charge in [0.25, 0.3) is 5.91 Å². The Labute approximate surface area is 184 Å². The van der Waals surface area contributed by atoms with Crippen LogP contribution in [0.3, 0.4) is 0 Å². The average molecular weight is 440 g/mol. The lowest BCUT2D eigenvalue weighted by atomic mass is 10.1. The molecule has 1 aliphatic rings. The zero-order chi connectivity index (χ0) is 22.0. The van der Waals surface area contributed by atoms with Crippen molar-refractivity contribution < 1.29 is 14.3 Å². The molecule has 162 valence electrons. The number of furan rings is 1. The fourth-order valence-electron chi connectivity index (χ4n) is 3.58. The van der Waals surface area contributed by atoms with Gasteiger partial charge in [0.15, 0.2) is 17.4 Å². The number of nitrogens with one attached hydrogen (secondary N) is 2. The third-order valence-electron chi connectivity index (χ3n) is 5.22. The molecule has 0 radical (unpaired) electrons. The highest BCUT2D eigenvalue weighted by atomic mass is 32.1. The first-order chi connectivity index (χ1) is 14.9. The van der Waals surface area contributed by atoms with Gasteiger partial charge in [-0.3, -0.25) is 4.79 Å². The summed E-state index contributed by atoms with van der Waals surface area (Å²) in [4.78, 5) is 14.5. The van der Waals surface area contributed by atoms with Crippen molar-refractivity contribution in [3.63, 3.8) is 0 Å². The largest absolute Gasteiger partial charge is 0.505 e. The van der Waals surface area contributed by atoms with Gasteiger partial charge >= 0.3 is 0 Å². The number of hydrogen-bond acceptors (Lipinski definition) is 8. The predicted octanol–water partition coefficient (Wildman–Crippen LogP) is 4.85. The highest BCUT2D eigenvalue weighted by Gasteiger charge is 2.24. The Morgan fingerprint density at radius 2 is 1.97 bits per heavy atom. The minimum atomic E-state index is -0.283. The fourth-order valence-corrected chi connectivity index (χ4v) is 4.06. The fraction of sp³-hybridized carbons (Fsp3) is 0.318. The Morgan fingerprint density at radius 1 is 1.23 bits per heavy atom. The maximum Gasteiger partial charge on any atom is 0.257 e. The number of anilines is 3. The van der Waals surface area contributed by atoms with E-state index in [4.69, 9.17) is 4.42 Å². The molecular weight excluding hydrogens is 414 g/mol. The Hall–Kier alpha value is -3.33. The Kier molecular flexibility index (Phi) is 5.94. The highest BCUT2D eigenvalue weighted by molar-refractivity contribution is 6.99. The summed E-state index contributed by atoms with van der Waals surface area (Å²) >= 11 is 1.03. The van der Waals surface area contributed by atoms with E-state index in [2.05, 4.69) is 26.0 Å². The molecule has 1 atom stereocenters. The van der Waals surface area contributed by atoms with Gasteiger partial charge in [0.2, 0.25) is 0 Å². The summed E-state index contributed by atoms with van der Waals surface area (Å²) in [5.41, 5.74) is 1.52. The minimum absolute atomic E-state index is 0.100. The number of aromatic hydroxyl groups is 1. The lowest BCUT2D eigenvalue weighted by Gasteiger charge is -2.18. The molecule has 1 aromatic carbocycles. The third kappa shape index (κ3) is 4.41. The molecule has 1 aliphatic heterocycles. The van der Waals surface area contributed by atoms with Crippen molar-refractivity contribution in [3.05, 3.63) is 59.6 Å². The van der Waals surface area contributed by atoms with Crippen LogP contribution in [0.15, 0.2) is 46.9 Å². The van der Waals surface area contributed by atoms with Crippen molar-refractivity contribution in [2.45, 2.75) is 32.7 Å². The van der Waals surface area contributed by atoms with Crippen LogP contribution in [-0.4, -0.2) is 37.8 Å². The second-order valence-electron chi connectivity index (χ2n) is 7.66. The van der Waals surface area contributed by atoms with Crippen molar-refractivity contribution in [2.24, 2.45) is 0 Å². The van der Waals surface area contributed by atoms with Crippen molar-refractivity contribution in [3.8, 4) is 5.75 Å². The molecule has 3 N–H and O–H groups in total. The summed E-state index contributed by atoms with van der Waals surface area (Å²) in [6.45, 7) is 9.27. The number of aryl methyl sites for hydroxylation is 1. The molecule has 4 rings (SSSR count). The van der Waals surface area contributed by atoms with Crippen molar-refractivity contribution in [2.75, 3.05) is 23.7 Å². The number of nitrogens with zero attached hydrogens (tertiary/aromatic N) is 3. The molecule has 1 saturated heterocycles. The van der Waals surface area contributed by atoms with Gasteiger partial charge in [-0.05, 0) is 51.0 Å². The third-order valence-corrected chi connectivity index (χ3v) is 5.75. The number of carbonyl (C=O) groups is 1. The maximum absolute atomic E-state index is 12.7. The Morgan fingerprint density at radius 3 is 2.65 bits per heavy atom. The van der Waals surface area contributed by atoms with Crippen LogP contribution >= 0.6 is 11.7 Å². The molecule has 1 unspecified atom stereocenters. The Bertz CT molecular complexity index is 1100. The molecule has 0 spiro atoms. The van der Waals surface area contributed by atoms with Crippen LogP contribution < -0.4 is 10.6 Å². The first kappa shape index (κ1) is 20.9. The predicted molar refractivity (Wildman–Crippen MR) is 121 cm³/mol. The molecule has 1 fully saturated rings. The lowest BCUT2D eigenvalue weighted by molar-refractivity contribution is 0.0790. The molecule has 1 amide bonds. The summed E-state index contributed by atoms with van der Waals surface area (Å²) < 4.78 is 14.4. The molecule has 0 aliphatic carbocycles. The molecule has 0 saturated carbocycles. The van der Waals surface area contributed by atoms with Crippen LogP contribution in [0.2, 0.25) is 0 Å². The topological polar surface area (TPSA) is 104 Å². The van der Waals surface area contributed by atoms with E-state index in [1.54, 1.807) is 23.1 Å². The van der Waals surface area contributed by atoms with Crippen molar-refractivity contribution in [1.29, 1.82) is 0 Å². The van der Waals surface area contributed by atoms with E-state index in [1.165, 1.54) is 0 Å². The molecule has 3 heterocycles. The molecule has 3 aromatic rings. The zero-order valence-corrected chi connectivity index (χ0v) is 18.3. The average Bonchev–Trinajstić information content (AvgIpc) is 3.49. The number of para-hydroxylation sites is 1. The van der Waals surface area contributed by atoms with Gasteiger partial charge in [0, 0.05) is 13.1 Å². The quantitative estimate of drug-likeness (QED) is 0.357. The standard InChI is InChI=1S/C22H25N5O3S/c1-13(2)18(17-10-9-14(3)30-17)24-21-20(25-31-26-21)23-16-8-6-7-15(19(16)28)22(29)27-11-4-5-12-27/h6-10,18,28H,1,4-5,11-12H2,2-3H3,(H,23,25)(H,24,26). The first-order valence-electron chi connectivity index (χ1n) is 10.1. The van der Waals surface area contributed by atoms with E-state index in [0.29, 0.717) is 30.4 Å². The molecule has 9 heteroatoms. The summed E-state index contributed by atoms with van der Waals surface area (Å²) in [6.07, 6.45) is 1.98. The second-order valence-corrected chi connectivity index (χ2v) is 8.19. The van der Waals surface area contributed by atoms with Crippen LogP contribution in [0, 0.1) is 6.92 Å². The smallest absolute Gasteiger partial charge is 0.257 e. The van der Waals surface area contributed by atoms with E-state index < -0.39 is 0 Å². The number of phenolic OH excluding ortho intramolecular Hbond substituents is 1. The molecule has 0 bridgehead atoms. The molecule has 8 nitrogen and oxygen atoms in total. The van der Waals surface area contributed by atoms with E-state index in [-0.39, 0.29) is 23.3 Å². The van der Waals surface area contributed by atoms with Crippen molar-refractivity contribution >= 4 is 35.0 Å². The van der Waals surface area contributed by atoms with Crippen LogP contribution in [-0.2, 0) is 0 Å². The zero-order valence-electron chi connectivity index (χ0n) is 17.5. The second kappa shape index (κ2) is 8.81. The van der Waals surface area contributed by atoms with Crippen LogP contribution in [0.25, 0.3) is 0 Å². The Balaban J connectivity index is 1.56. The number of likely N-dealkylation sites (tertiary alicyclic amines) is 1. The summed E-state index contributed by atoms with van der Waals surface area (Å²) in [7, 11) is 0. The minimum Gasteiger partial charge on any atom is -0.505 e. The molecular formula is C22H25N5O3S. The monoisotopic (exact) mass is 439 g/mol. The van der Waals surface area contributed by atoms with Gasteiger partial charge < -0.3 is 25.1 Å². The van der Waals surface area contributed by atoms with E-state index >= 15 is 0 Å². The van der Waals surface area contributed by atoms with E-state index in [0.717, 1.165) is 41.7 Å². The summed E-state index contributed by atoms with van der Waals surface area (Å²) in [6, 6.07) is 8.58. The lowest BCUT2D eigenvalue weighted by Crippen LogP contribution is -2.27. The summed E-state index contributed by atoms with van der Waals surface area (Å²) in [5.74, 6) is 2.22. The number of benzene rings is 1. The van der Waals surface area contributed by atoms with Crippen LogP contribution in [0.4, 0.5) is 17.3 Å². The SMILES string of the molecule is C=C(C)C(Nc1nsnc1Nc1cccc(C(=O)N2CCCC2)c1O)c1ccc(C)o1. The van der Waals surface area contributed by atoms with Crippen LogP contribution in [0.5, 0.6) is 5.75 Å². The number of carbonyl (C=O) groups excluding carboxylic acids is 1. The number of amides is 1. The number of hydrogen-bond donors (Lipinski definition) is 3. The van der Waals surface area contributed by atoms with Gasteiger partial charge in [0.1, 0.15) is 17.6 Å².